The van der Waals surface area contributed by atoms with Gasteiger partial charge < -0.3 is 10.5 Å². The number of hydrogen-bond acceptors (Lipinski definition) is 5. The normalized spacial score (nSPS) is 19.4. The molecule has 1 saturated carbocycles. The Morgan fingerprint density at radius 2 is 1.92 bits per heavy atom. The first-order valence-corrected chi connectivity index (χ1v) is 8.61. The molecule has 0 bridgehead atoms. The molecule has 0 spiro atoms. The van der Waals surface area contributed by atoms with Crippen LogP contribution in [-0.4, -0.2) is 32.4 Å². The molecule has 0 aliphatic heterocycles. The van der Waals surface area contributed by atoms with Gasteiger partial charge in [-0.05, 0) is 44.0 Å². The summed E-state index contributed by atoms with van der Waals surface area (Å²) in [7, 11) is 0. The van der Waals surface area contributed by atoms with E-state index in [4.69, 9.17) is 10.5 Å². The van der Waals surface area contributed by atoms with E-state index in [0.717, 1.165) is 41.6 Å². The molecule has 0 saturated heterocycles. The standard InChI is InChI=1S/C19H21N5O/c1-2-25-16-8-9-17(21-12-16)19-23-22-18(13-10-14(20)11-13)24(19)15-6-4-3-5-7-15/h3-9,12-14H,2,10-11,20H2,1H3/t13-,14-. The van der Waals surface area contributed by atoms with E-state index in [9.17, 15) is 0 Å². The average molecular weight is 335 g/mol. The van der Waals surface area contributed by atoms with Crippen LogP contribution in [0.3, 0.4) is 0 Å². The molecule has 2 N–H and O–H groups in total. The van der Waals surface area contributed by atoms with Gasteiger partial charge in [-0.3, -0.25) is 4.57 Å². The van der Waals surface area contributed by atoms with Crippen LogP contribution in [0.15, 0.2) is 48.7 Å². The van der Waals surface area contributed by atoms with Crippen LogP contribution in [0.25, 0.3) is 17.2 Å². The minimum Gasteiger partial charge on any atom is -0.492 e. The predicted molar refractivity (Wildman–Crippen MR) is 95.7 cm³/mol. The third-order valence-electron chi connectivity index (χ3n) is 4.52. The van der Waals surface area contributed by atoms with Crippen molar-refractivity contribution in [3.05, 3.63) is 54.5 Å². The first-order chi connectivity index (χ1) is 12.3. The highest BCUT2D eigenvalue weighted by Crippen LogP contribution is 2.37. The highest BCUT2D eigenvalue weighted by molar-refractivity contribution is 5.55. The highest BCUT2D eigenvalue weighted by Gasteiger charge is 2.33. The third-order valence-corrected chi connectivity index (χ3v) is 4.52. The Hall–Kier alpha value is -2.73. The van der Waals surface area contributed by atoms with Crippen molar-refractivity contribution in [1.82, 2.24) is 19.7 Å². The van der Waals surface area contributed by atoms with Gasteiger partial charge in [-0.25, -0.2) is 4.98 Å². The Morgan fingerprint density at radius 1 is 1.12 bits per heavy atom. The molecule has 0 amide bonds. The van der Waals surface area contributed by atoms with Gasteiger partial charge in [0.2, 0.25) is 0 Å². The number of rotatable bonds is 5. The molecule has 2 aromatic heterocycles. The molecular formula is C19H21N5O. The zero-order valence-corrected chi connectivity index (χ0v) is 14.2. The van der Waals surface area contributed by atoms with Crippen molar-refractivity contribution in [2.45, 2.75) is 31.7 Å². The van der Waals surface area contributed by atoms with E-state index in [1.165, 1.54) is 0 Å². The summed E-state index contributed by atoms with van der Waals surface area (Å²) in [5.74, 6) is 2.80. The van der Waals surface area contributed by atoms with Crippen LogP contribution in [0.4, 0.5) is 0 Å². The summed E-state index contributed by atoms with van der Waals surface area (Å²) in [5, 5.41) is 8.91. The maximum absolute atomic E-state index is 5.97. The lowest BCUT2D eigenvalue weighted by Gasteiger charge is -2.31. The fourth-order valence-corrected chi connectivity index (χ4v) is 3.20. The number of para-hydroxylation sites is 1. The summed E-state index contributed by atoms with van der Waals surface area (Å²) in [6.07, 6.45) is 3.62. The van der Waals surface area contributed by atoms with Crippen molar-refractivity contribution < 1.29 is 4.74 Å². The molecule has 6 heteroatoms. The van der Waals surface area contributed by atoms with Crippen LogP contribution in [0, 0.1) is 0 Å². The highest BCUT2D eigenvalue weighted by atomic mass is 16.5. The van der Waals surface area contributed by atoms with E-state index in [0.29, 0.717) is 12.5 Å². The van der Waals surface area contributed by atoms with Gasteiger partial charge in [0.15, 0.2) is 5.82 Å². The van der Waals surface area contributed by atoms with Crippen LogP contribution in [-0.2, 0) is 0 Å². The maximum Gasteiger partial charge on any atom is 0.187 e. The fourth-order valence-electron chi connectivity index (χ4n) is 3.20. The number of aromatic nitrogens is 4. The molecule has 1 aliphatic carbocycles. The smallest absolute Gasteiger partial charge is 0.187 e. The Balaban J connectivity index is 1.77. The van der Waals surface area contributed by atoms with Crippen molar-refractivity contribution in [3.63, 3.8) is 0 Å². The molecule has 128 valence electrons. The van der Waals surface area contributed by atoms with Gasteiger partial charge in [0, 0.05) is 17.6 Å². The molecule has 25 heavy (non-hydrogen) atoms. The number of nitrogens with zero attached hydrogens (tertiary/aromatic N) is 4. The van der Waals surface area contributed by atoms with Crippen molar-refractivity contribution in [2.24, 2.45) is 5.73 Å². The van der Waals surface area contributed by atoms with E-state index in [2.05, 4.69) is 31.9 Å². The third kappa shape index (κ3) is 3.00. The molecule has 0 radical (unpaired) electrons. The molecule has 1 aromatic carbocycles. The quantitative estimate of drug-likeness (QED) is 0.775. The minimum atomic E-state index is 0.262. The maximum atomic E-state index is 5.97. The van der Waals surface area contributed by atoms with Crippen LogP contribution >= 0.6 is 0 Å². The minimum absolute atomic E-state index is 0.262. The molecular weight excluding hydrogens is 314 g/mol. The second kappa shape index (κ2) is 6.64. The molecule has 3 aromatic rings. The average Bonchev–Trinajstić information content (AvgIpc) is 3.05. The van der Waals surface area contributed by atoms with Gasteiger partial charge in [-0.2, -0.15) is 0 Å². The summed E-state index contributed by atoms with van der Waals surface area (Å²) in [4.78, 5) is 4.51. The lowest BCUT2D eigenvalue weighted by molar-refractivity contribution is 0.335. The SMILES string of the molecule is CCOc1ccc(-c2nnc([C@H]3C[C@H](N)C3)n2-c2ccccc2)nc1. The van der Waals surface area contributed by atoms with E-state index in [1.807, 2.05) is 37.3 Å². The molecule has 2 heterocycles. The fraction of sp³-hybridized carbons (Fsp3) is 0.316. The van der Waals surface area contributed by atoms with Crippen molar-refractivity contribution in [1.29, 1.82) is 0 Å². The molecule has 4 rings (SSSR count). The van der Waals surface area contributed by atoms with Crippen molar-refractivity contribution >= 4 is 0 Å². The van der Waals surface area contributed by atoms with Crippen LogP contribution in [0.5, 0.6) is 5.75 Å². The molecule has 0 unspecified atom stereocenters. The Kier molecular flexibility index (Phi) is 4.19. The monoisotopic (exact) mass is 335 g/mol. The lowest BCUT2D eigenvalue weighted by atomic mass is 9.80. The zero-order valence-electron chi connectivity index (χ0n) is 14.2. The number of hydrogen-bond donors (Lipinski definition) is 1. The Labute approximate surface area is 146 Å². The number of ether oxygens (including phenoxy) is 1. The van der Waals surface area contributed by atoms with E-state index in [1.54, 1.807) is 6.20 Å². The summed E-state index contributed by atoms with van der Waals surface area (Å²) in [6.45, 7) is 2.57. The number of benzene rings is 1. The molecule has 1 fully saturated rings. The van der Waals surface area contributed by atoms with Gasteiger partial charge in [-0.15, -0.1) is 10.2 Å². The predicted octanol–water partition coefficient (Wildman–Crippen LogP) is 2.93. The summed E-state index contributed by atoms with van der Waals surface area (Å²) in [6, 6.07) is 14.2. The summed E-state index contributed by atoms with van der Waals surface area (Å²) in [5.41, 5.74) is 7.78. The van der Waals surface area contributed by atoms with Crippen molar-refractivity contribution in [2.75, 3.05) is 6.61 Å². The van der Waals surface area contributed by atoms with Crippen LogP contribution < -0.4 is 10.5 Å². The van der Waals surface area contributed by atoms with Gasteiger partial charge in [0.1, 0.15) is 17.3 Å². The Bertz CT molecular complexity index is 838. The lowest BCUT2D eigenvalue weighted by Crippen LogP contribution is -2.36. The number of nitrogens with two attached hydrogens (primary N) is 1. The first-order valence-electron chi connectivity index (χ1n) is 8.61. The van der Waals surface area contributed by atoms with Crippen LogP contribution in [0.2, 0.25) is 0 Å². The van der Waals surface area contributed by atoms with E-state index < -0.39 is 0 Å². The molecule has 1 aliphatic rings. The van der Waals surface area contributed by atoms with Crippen molar-refractivity contribution in [3.8, 4) is 23.0 Å². The van der Waals surface area contributed by atoms with Crippen LogP contribution in [0.1, 0.15) is 31.5 Å². The summed E-state index contributed by atoms with van der Waals surface area (Å²) < 4.78 is 7.57. The molecule has 0 atom stereocenters. The van der Waals surface area contributed by atoms with E-state index >= 15 is 0 Å². The topological polar surface area (TPSA) is 78.9 Å². The molecule has 6 nitrogen and oxygen atoms in total. The van der Waals surface area contributed by atoms with Gasteiger partial charge >= 0.3 is 0 Å². The second-order valence-electron chi connectivity index (χ2n) is 6.29. The zero-order chi connectivity index (χ0) is 17.2. The first kappa shape index (κ1) is 15.8. The second-order valence-corrected chi connectivity index (χ2v) is 6.29. The van der Waals surface area contributed by atoms with E-state index in [-0.39, 0.29) is 6.04 Å². The summed E-state index contributed by atoms with van der Waals surface area (Å²) >= 11 is 0. The largest absolute Gasteiger partial charge is 0.492 e. The van der Waals surface area contributed by atoms with Gasteiger partial charge in [0.25, 0.3) is 0 Å². The van der Waals surface area contributed by atoms with Gasteiger partial charge in [0.05, 0.1) is 12.8 Å². The van der Waals surface area contributed by atoms with Gasteiger partial charge in [-0.1, -0.05) is 18.2 Å². The number of pyridine rings is 1. The Morgan fingerprint density at radius 3 is 2.56 bits per heavy atom.